The Hall–Kier alpha value is -3.19. The molecule has 1 fully saturated rings. The number of halogens is 3. The lowest BCUT2D eigenvalue weighted by Gasteiger charge is -2.54. The highest BCUT2D eigenvalue weighted by Gasteiger charge is 2.72. The van der Waals surface area contributed by atoms with Gasteiger partial charge in [-0.2, -0.15) is 0 Å². The van der Waals surface area contributed by atoms with E-state index in [1.807, 2.05) is 48.5 Å². The first-order valence-electron chi connectivity index (χ1n) is 13.6. The highest BCUT2D eigenvalue weighted by Crippen LogP contribution is 2.69. The van der Waals surface area contributed by atoms with Gasteiger partial charge in [-0.1, -0.05) is 66.6 Å². The van der Waals surface area contributed by atoms with Gasteiger partial charge in [0.1, 0.15) is 9.75 Å². The van der Waals surface area contributed by atoms with Crippen molar-refractivity contribution in [1.29, 1.82) is 0 Å². The summed E-state index contributed by atoms with van der Waals surface area (Å²) in [6, 6.07) is 21.4. The van der Waals surface area contributed by atoms with E-state index in [9.17, 15) is 19.2 Å². The molecule has 1 aliphatic heterocycles. The zero-order valence-electron chi connectivity index (χ0n) is 21.9. The van der Waals surface area contributed by atoms with E-state index >= 15 is 0 Å². The summed E-state index contributed by atoms with van der Waals surface area (Å²) in [5, 5.41) is 0.515. The molecule has 0 unspecified atom stereocenters. The van der Waals surface area contributed by atoms with E-state index in [0.717, 1.165) is 22.3 Å². The van der Waals surface area contributed by atoms with Gasteiger partial charge in [0.2, 0.25) is 11.8 Å². The minimum absolute atomic E-state index is 0.126. The molecule has 3 aromatic carbocycles. The van der Waals surface area contributed by atoms with Crippen LogP contribution >= 0.6 is 34.8 Å². The van der Waals surface area contributed by atoms with Crippen LogP contribution in [0.3, 0.4) is 0 Å². The fraction of sp³-hybridized carbons (Fsp3) is 0.312. The number of ketones is 1. The maximum Gasteiger partial charge on any atom is 0.306 e. The number of nitrogens with zero attached hydrogens (tertiary/aromatic N) is 1. The lowest BCUT2D eigenvalue weighted by Crippen LogP contribution is -2.57. The fourth-order valence-corrected chi connectivity index (χ4v) is 7.82. The maximum atomic E-state index is 13.8. The minimum atomic E-state index is -1.19. The van der Waals surface area contributed by atoms with Crippen LogP contribution in [0.25, 0.3) is 0 Å². The molecular formula is C32H26Cl3NO5. The Morgan fingerprint density at radius 1 is 0.732 bits per heavy atom. The van der Waals surface area contributed by atoms with E-state index in [4.69, 9.17) is 39.5 Å². The molecule has 3 aromatic rings. The van der Waals surface area contributed by atoms with Crippen molar-refractivity contribution in [1.82, 2.24) is 4.90 Å². The summed E-state index contributed by atoms with van der Waals surface area (Å²) in [5.41, 5.74) is 3.50. The molecule has 3 aliphatic carbocycles. The summed E-state index contributed by atoms with van der Waals surface area (Å²) in [7, 11) is 0. The second kappa shape index (κ2) is 10.6. The van der Waals surface area contributed by atoms with Gasteiger partial charge >= 0.3 is 5.97 Å². The maximum absolute atomic E-state index is 13.8. The molecule has 9 heteroatoms. The molecule has 6 nitrogen and oxygen atoms in total. The first-order chi connectivity index (χ1) is 19.7. The van der Waals surface area contributed by atoms with Crippen LogP contribution in [0.2, 0.25) is 5.02 Å². The van der Waals surface area contributed by atoms with Gasteiger partial charge in [0.15, 0.2) is 12.4 Å². The molecule has 0 saturated carbocycles. The summed E-state index contributed by atoms with van der Waals surface area (Å²) in [6.45, 7) is -0.132. The normalized spacial score (nSPS) is 25.5. The van der Waals surface area contributed by atoms with Crippen LogP contribution in [0.5, 0.6) is 0 Å². The Morgan fingerprint density at radius 2 is 1.22 bits per heavy atom. The predicted octanol–water partition coefficient (Wildman–Crippen LogP) is 6.22. The van der Waals surface area contributed by atoms with E-state index in [0.29, 0.717) is 29.8 Å². The van der Waals surface area contributed by atoms with E-state index in [1.54, 1.807) is 24.3 Å². The van der Waals surface area contributed by atoms with E-state index < -0.39 is 27.6 Å². The molecule has 1 saturated heterocycles. The number of amides is 2. The Balaban J connectivity index is 1.08. The number of ether oxygens (including phenoxy) is 1. The predicted molar refractivity (Wildman–Crippen MR) is 155 cm³/mol. The molecule has 0 radical (unpaired) electrons. The number of benzene rings is 3. The number of imide groups is 1. The van der Waals surface area contributed by atoms with Crippen LogP contribution in [0, 0.1) is 11.8 Å². The number of carbonyl (C=O) groups is 4. The molecule has 0 N–H and O–H groups in total. The van der Waals surface area contributed by atoms with Gasteiger partial charge in [0.05, 0.1) is 11.8 Å². The summed E-state index contributed by atoms with van der Waals surface area (Å²) >= 11 is 20.7. The van der Waals surface area contributed by atoms with Gasteiger partial charge in [-0.25, -0.2) is 0 Å². The quantitative estimate of drug-likeness (QED) is 0.0945. The molecular weight excluding hydrogens is 585 g/mol. The third-order valence-electron chi connectivity index (χ3n) is 8.47. The average Bonchev–Trinajstić information content (AvgIpc) is 3.25. The van der Waals surface area contributed by atoms with Crippen LogP contribution < -0.4 is 0 Å². The Morgan fingerprint density at radius 3 is 1.71 bits per heavy atom. The topological polar surface area (TPSA) is 80.8 Å². The minimum Gasteiger partial charge on any atom is -0.457 e. The van der Waals surface area contributed by atoms with Crippen LogP contribution in [-0.2, 0) is 28.9 Å². The number of carbonyl (C=O) groups excluding carboxylic acids is 4. The smallest absolute Gasteiger partial charge is 0.306 e. The number of rotatable bonds is 9. The number of Topliss-reactive ketones (excluding diaryl/α,β-unsaturated/α-hetero) is 1. The summed E-state index contributed by atoms with van der Waals surface area (Å²) in [6.07, 6.45) is 1.72. The zero-order valence-corrected chi connectivity index (χ0v) is 24.2. The van der Waals surface area contributed by atoms with Gasteiger partial charge in [-0.05, 0) is 59.4 Å². The molecule has 0 aromatic heterocycles. The number of likely N-dealkylation sites (tertiary alicyclic amines) is 1. The fourth-order valence-electron chi connectivity index (χ4n) is 6.60. The largest absolute Gasteiger partial charge is 0.457 e. The molecule has 4 aliphatic rings. The molecule has 0 spiro atoms. The van der Waals surface area contributed by atoms with Gasteiger partial charge in [-0.3, -0.25) is 24.1 Å². The van der Waals surface area contributed by atoms with Crippen molar-refractivity contribution in [2.75, 3.05) is 13.2 Å². The third-order valence-corrected chi connectivity index (χ3v) is 10.0. The Labute approximate surface area is 252 Å². The second-order valence-corrected chi connectivity index (χ2v) is 12.3. The zero-order chi connectivity index (χ0) is 28.9. The number of hydrogen-bond acceptors (Lipinski definition) is 5. The van der Waals surface area contributed by atoms with Gasteiger partial charge in [0.25, 0.3) is 0 Å². The van der Waals surface area contributed by atoms with Crippen molar-refractivity contribution in [3.63, 3.8) is 0 Å². The lowest BCUT2D eigenvalue weighted by atomic mass is 9.54. The van der Waals surface area contributed by atoms with Gasteiger partial charge in [-0.15, -0.1) is 23.2 Å². The lowest BCUT2D eigenvalue weighted by molar-refractivity contribution is -0.143. The molecule has 2 atom stereocenters. The van der Waals surface area contributed by atoms with Crippen molar-refractivity contribution in [3.05, 3.63) is 106 Å². The van der Waals surface area contributed by atoms with Crippen LogP contribution in [0.4, 0.5) is 0 Å². The van der Waals surface area contributed by atoms with Gasteiger partial charge < -0.3 is 4.74 Å². The van der Waals surface area contributed by atoms with Crippen molar-refractivity contribution in [2.24, 2.45) is 11.8 Å². The molecule has 2 bridgehead atoms. The van der Waals surface area contributed by atoms with Crippen LogP contribution in [-0.4, -0.2) is 41.6 Å². The van der Waals surface area contributed by atoms with Crippen molar-refractivity contribution < 1.29 is 23.9 Å². The van der Waals surface area contributed by atoms with E-state index in [-0.39, 0.29) is 37.2 Å². The number of esters is 1. The first-order valence-corrected chi connectivity index (χ1v) is 14.7. The Kier molecular flexibility index (Phi) is 7.21. The molecule has 1 heterocycles. The number of alkyl halides is 2. The Bertz CT molecular complexity index is 1450. The average molecular weight is 611 g/mol. The highest BCUT2D eigenvalue weighted by molar-refractivity contribution is 6.36. The standard InChI is InChI=1S/C32H26Cl3NO5/c33-20-15-13-19(14-16-20)25(37)18-41-26(38)12-2-1-7-17-36-29(39)27-28(30(36)40)32(35)22-9-4-3-8-21(22)31(27,34)23-10-5-6-11-24(23)32/h3-6,8-11,13-16,27-28H,1-2,7,12,17-18H2/t27-,28+,31?,32?. The number of hydrogen-bond donors (Lipinski definition) is 0. The third kappa shape index (κ3) is 4.30. The summed E-state index contributed by atoms with van der Waals surface area (Å²) in [5.74, 6) is -3.05. The first kappa shape index (κ1) is 28.0. The van der Waals surface area contributed by atoms with Crippen molar-refractivity contribution >= 4 is 58.4 Å². The molecule has 2 amide bonds. The molecule has 210 valence electrons. The summed E-state index contributed by atoms with van der Waals surface area (Å²) in [4.78, 5) is 50.9. The highest BCUT2D eigenvalue weighted by atomic mass is 35.5. The molecule has 41 heavy (non-hydrogen) atoms. The van der Waals surface area contributed by atoms with Crippen molar-refractivity contribution in [2.45, 2.75) is 35.4 Å². The van der Waals surface area contributed by atoms with Crippen molar-refractivity contribution in [3.8, 4) is 0 Å². The second-order valence-electron chi connectivity index (χ2n) is 10.7. The monoisotopic (exact) mass is 609 g/mol. The van der Waals surface area contributed by atoms with Crippen LogP contribution in [0.1, 0.15) is 58.3 Å². The van der Waals surface area contributed by atoms with E-state index in [2.05, 4.69) is 0 Å². The van der Waals surface area contributed by atoms with E-state index in [1.165, 1.54) is 4.90 Å². The number of unbranched alkanes of at least 4 members (excludes halogenated alkanes) is 2. The summed E-state index contributed by atoms with van der Waals surface area (Å²) < 4.78 is 5.11. The molecule has 7 rings (SSSR count). The van der Waals surface area contributed by atoms with Crippen LogP contribution in [0.15, 0.2) is 72.8 Å². The SMILES string of the molecule is O=C(CCCCCN1C(=O)[C@@H]2[C@H](C1=O)C1(Cl)c3ccccc3C2(Cl)c2ccccc21)OCC(=O)c1ccc(Cl)cc1. The van der Waals surface area contributed by atoms with Gasteiger partial charge in [0, 0.05) is 23.6 Å².